The summed E-state index contributed by atoms with van der Waals surface area (Å²) in [5, 5.41) is 13.0. The number of carbonyl (C=O) groups is 1. The lowest BCUT2D eigenvalue weighted by Gasteiger charge is -2.12. The quantitative estimate of drug-likeness (QED) is 0.453. The maximum absolute atomic E-state index is 12.8. The summed E-state index contributed by atoms with van der Waals surface area (Å²) in [6.07, 6.45) is 0.773. The molecule has 0 saturated heterocycles. The Labute approximate surface area is 164 Å². The molecule has 27 heavy (non-hydrogen) atoms. The standard InChI is InChI=1S/C17H19N5O3S2/c1-3-14-20-21-16(27-14)19-13(23)10-26-17-18-12-7-5-4-6-11(12)15(24)22(17)8-9-25-2/h4-7H,3,8-10H2,1-2H3,(H,19,21,23). The maximum atomic E-state index is 12.8. The number of nitrogens with zero attached hydrogens (tertiary/aromatic N) is 4. The van der Waals surface area contributed by atoms with Crippen LogP contribution in [-0.4, -0.2) is 45.1 Å². The molecule has 3 rings (SSSR count). The first kappa shape index (κ1) is 19.5. The van der Waals surface area contributed by atoms with E-state index in [4.69, 9.17) is 4.74 Å². The van der Waals surface area contributed by atoms with Gasteiger partial charge < -0.3 is 4.74 Å². The molecule has 0 saturated carbocycles. The van der Waals surface area contributed by atoms with E-state index in [0.717, 1.165) is 11.4 Å². The van der Waals surface area contributed by atoms with Gasteiger partial charge in [0.05, 0.1) is 29.8 Å². The van der Waals surface area contributed by atoms with Crippen LogP contribution in [0.5, 0.6) is 0 Å². The highest BCUT2D eigenvalue weighted by Gasteiger charge is 2.14. The van der Waals surface area contributed by atoms with Gasteiger partial charge in [-0.05, 0) is 18.6 Å². The number of thioether (sulfide) groups is 1. The van der Waals surface area contributed by atoms with E-state index in [1.165, 1.54) is 23.1 Å². The third-order valence-electron chi connectivity index (χ3n) is 3.69. The summed E-state index contributed by atoms with van der Waals surface area (Å²) in [5.41, 5.74) is 0.466. The van der Waals surface area contributed by atoms with Crippen molar-refractivity contribution in [2.45, 2.75) is 25.0 Å². The van der Waals surface area contributed by atoms with Gasteiger partial charge in [-0.1, -0.05) is 42.2 Å². The van der Waals surface area contributed by atoms with Gasteiger partial charge in [0.25, 0.3) is 5.56 Å². The van der Waals surface area contributed by atoms with Crippen LogP contribution in [0.3, 0.4) is 0 Å². The van der Waals surface area contributed by atoms with E-state index in [-0.39, 0.29) is 17.2 Å². The average Bonchev–Trinajstić information content (AvgIpc) is 3.13. The molecule has 2 aromatic heterocycles. The van der Waals surface area contributed by atoms with Crippen molar-refractivity contribution in [1.82, 2.24) is 19.7 Å². The number of aromatic nitrogens is 4. The molecule has 1 N–H and O–H groups in total. The molecule has 0 atom stereocenters. The number of methoxy groups -OCH3 is 1. The molecule has 0 bridgehead atoms. The van der Waals surface area contributed by atoms with Crippen molar-refractivity contribution in [2.75, 3.05) is 24.8 Å². The number of anilines is 1. The molecule has 0 aliphatic carbocycles. The number of benzene rings is 1. The first-order chi connectivity index (χ1) is 13.1. The van der Waals surface area contributed by atoms with Gasteiger partial charge in [0, 0.05) is 7.11 Å². The van der Waals surface area contributed by atoms with Crippen LogP contribution < -0.4 is 10.9 Å². The summed E-state index contributed by atoms with van der Waals surface area (Å²) in [5.74, 6) is -0.113. The van der Waals surface area contributed by atoms with E-state index in [1.54, 1.807) is 29.9 Å². The third-order valence-corrected chi connectivity index (χ3v) is 5.65. The van der Waals surface area contributed by atoms with Crippen LogP contribution >= 0.6 is 23.1 Å². The van der Waals surface area contributed by atoms with Gasteiger partial charge in [-0.3, -0.25) is 19.5 Å². The van der Waals surface area contributed by atoms with Gasteiger partial charge in [0.2, 0.25) is 11.0 Å². The number of hydrogen-bond donors (Lipinski definition) is 1. The Morgan fingerprint density at radius 2 is 2.15 bits per heavy atom. The maximum Gasteiger partial charge on any atom is 0.262 e. The highest BCUT2D eigenvalue weighted by Crippen LogP contribution is 2.19. The fraction of sp³-hybridized carbons (Fsp3) is 0.353. The van der Waals surface area contributed by atoms with Crippen LogP contribution in [0.2, 0.25) is 0 Å². The molecule has 8 nitrogen and oxygen atoms in total. The minimum absolute atomic E-state index is 0.110. The number of fused-ring (bicyclic) bond motifs is 1. The Morgan fingerprint density at radius 3 is 2.89 bits per heavy atom. The predicted molar refractivity (Wildman–Crippen MR) is 107 cm³/mol. The third kappa shape index (κ3) is 4.71. The fourth-order valence-corrected chi connectivity index (χ4v) is 3.89. The molecule has 2 heterocycles. The molecule has 0 aliphatic heterocycles. The highest BCUT2D eigenvalue weighted by atomic mass is 32.2. The number of rotatable bonds is 8. The summed E-state index contributed by atoms with van der Waals surface area (Å²) < 4.78 is 6.64. The summed E-state index contributed by atoms with van der Waals surface area (Å²) >= 11 is 2.56. The summed E-state index contributed by atoms with van der Waals surface area (Å²) in [7, 11) is 1.58. The highest BCUT2D eigenvalue weighted by molar-refractivity contribution is 7.99. The number of ether oxygens (including phenoxy) is 1. The summed E-state index contributed by atoms with van der Waals surface area (Å²) in [4.78, 5) is 29.5. The van der Waals surface area contributed by atoms with E-state index in [1.807, 2.05) is 13.0 Å². The fourth-order valence-electron chi connectivity index (χ4n) is 2.37. The normalized spacial score (nSPS) is 11.0. The van der Waals surface area contributed by atoms with Crippen LogP contribution in [-0.2, 0) is 22.5 Å². The molecular formula is C17H19N5O3S2. The van der Waals surface area contributed by atoms with Gasteiger partial charge >= 0.3 is 0 Å². The van der Waals surface area contributed by atoms with Crippen molar-refractivity contribution in [3.63, 3.8) is 0 Å². The average molecular weight is 406 g/mol. The lowest BCUT2D eigenvalue weighted by atomic mass is 10.2. The summed E-state index contributed by atoms with van der Waals surface area (Å²) in [6.45, 7) is 2.73. The van der Waals surface area contributed by atoms with Gasteiger partial charge in [-0.15, -0.1) is 10.2 Å². The first-order valence-corrected chi connectivity index (χ1v) is 10.2. The van der Waals surface area contributed by atoms with Crippen LogP contribution in [0.4, 0.5) is 5.13 Å². The molecule has 1 amide bonds. The Kier molecular flexibility index (Phi) is 6.54. The first-order valence-electron chi connectivity index (χ1n) is 8.36. The molecule has 142 valence electrons. The number of nitrogens with one attached hydrogen (secondary N) is 1. The molecule has 1 aromatic carbocycles. The topological polar surface area (TPSA) is 99.0 Å². The van der Waals surface area contributed by atoms with Crippen molar-refractivity contribution < 1.29 is 9.53 Å². The second kappa shape index (κ2) is 9.07. The number of amides is 1. The Bertz CT molecular complexity index is 1000. The number of carbonyl (C=O) groups excluding carboxylic acids is 1. The number of hydrogen-bond acceptors (Lipinski definition) is 8. The second-order valence-electron chi connectivity index (χ2n) is 5.55. The molecule has 0 spiro atoms. The van der Waals surface area contributed by atoms with Crippen LogP contribution in [0.15, 0.2) is 34.2 Å². The van der Waals surface area contributed by atoms with Gasteiger partial charge in [-0.25, -0.2) is 4.98 Å². The van der Waals surface area contributed by atoms with Gasteiger partial charge in [0.1, 0.15) is 5.01 Å². The monoisotopic (exact) mass is 405 g/mol. The molecule has 0 radical (unpaired) electrons. The molecule has 0 fully saturated rings. The lowest BCUT2D eigenvalue weighted by Crippen LogP contribution is -2.26. The number of para-hydroxylation sites is 1. The Morgan fingerprint density at radius 1 is 1.33 bits per heavy atom. The van der Waals surface area contributed by atoms with Crippen molar-refractivity contribution in [3.05, 3.63) is 39.6 Å². The van der Waals surface area contributed by atoms with Crippen LogP contribution in [0.1, 0.15) is 11.9 Å². The Balaban J connectivity index is 1.78. The van der Waals surface area contributed by atoms with E-state index in [9.17, 15) is 9.59 Å². The smallest absolute Gasteiger partial charge is 0.262 e. The zero-order chi connectivity index (χ0) is 19.2. The van der Waals surface area contributed by atoms with E-state index >= 15 is 0 Å². The largest absolute Gasteiger partial charge is 0.383 e. The number of aryl methyl sites for hydroxylation is 1. The SMILES string of the molecule is CCc1nnc(NC(=O)CSc2nc3ccccc3c(=O)n2CCOC)s1. The Hall–Kier alpha value is -2.30. The van der Waals surface area contributed by atoms with Crippen molar-refractivity contribution in [1.29, 1.82) is 0 Å². The second-order valence-corrected chi connectivity index (χ2v) is 7.56. The van der Waals surface area contributed by atoms with E-state index < -0.39 is 0 Å². The van der Waals surface area contributed by atoms with Crippen molar-refractivity contribution in [2.24, 2.45) is 0 Å². The van der Waals surface area contributed by atoms with Gasteiger partial charge in [0.15, 0.2) is 5.16 Å². The van der Waals surface area contributed by atoms with Crippen molar-refractivity contribution >= 4 is 45.0 Å². The zero-order valence-electron chi connectivity index (χ0n) is 15.0. The van der Waals surface area contributed by atoms with Crippen molar-refractivity contribution in [3.8, 4) is 0 Å². The molecule has 10 heteroatoms. The van der Waals surface area contributed by atoms with Gasteiger partial charge in [-0.2, -0.15) is 0 Å². The van der Waals surface area contributed by atoms with E-state index in [0.29, 0.717) is 34.3 Å². The lowest BCUT2D eigenvalue weighted by molar-refractivity contribution is -0.113. The minimum Gasteiger partial charge on any atom is -0.383 e. The van der Waals surface area contributed by atoms with E-state index in [2.05, 4.69) is 20.5 Å². The zero-order valence-corrected chi connectivity index (χ0v) is 16.6. The molecule has 0 aliphatic rings. The molecule has 3 aromatic rings. The summed E-state index contributed by atoms with van der Waals surface area (Å²) in [6, 6.07) is 7.17. The predicted octanol–water partition coefficient (Wildman–Crippen LogP) is 2.19. The molecular weight excluding hydrogens is 386 g/mol. The molecule has 0 unspecified atom stereocenters. The van der Waals surface area contributed by atoms with Crippen LogP contribution in [0.25, 0.3) is 10.9 Å². The van der Waals surface area contributed by atoms with Crippen LogP contribution in [0, 0.1) is 0 Å². The minimum atomic E-state index is -0.223.